The van der Waals surface area contributed by atoms with Crippen molar-refractivity contribution in [1.82, 2.24) is 14.5 Å². The van der Waals surface area contributed by atoms with Gasteiger partial charge in [0.1, 0.15) is 0 Å². The Bertz CT molecular complexity index is 888. The van der Waals surface area contributed by atoms with Crippen LogP contribution in [0.2, 0.25) is 0 Å². The molecule has 1 aliphatic rings. The molecule has 1 saturated heterocycles. The molecule has 1 aliphatic heterocycles. The molecule has 10 heteroatoms. The van der Waals surface area contributed by atoms with Gasteiger partial charge in [-0.3, -0.25) is 0 Å². The van der Waals surface area contributed by atoms with Gasteiger partial charge in [0, 0.05) is 38.2 Å². The minimum Gasteiger partial charge on any atom is -0.493 e. The Kier molecular flexibility index (Phi) is 5.56. The van der Waals surface area contributed by atoms with Gasteiger partial charge in [0.15, 0.2) is 11.5 Å². The molecule has 2 aromatic rings. The van der Waals surface area contributed by atoms with Crippen LogP contribution in [0.5, 0.6) is 11.5 Å². The number of sulfonamides is 1. The number of ether oxygens (including phenoxy) is 2. The molecule has 0 atom stereocenters. The van der Waals surface area contributed by atoms with Crippen LogP contribution in [0.15, 0.2) is 27.5 Å². The summed E-state index contributed by atoms with van der Waals surface area (Å²) in [5.74, 6) is 1.59. The zero-order valence-electron chi connectivity index (χ0n) is 15.9. The fraction of sp³-hybridized carbons (Fsp3) is 0.529. The summed E-state index contributed by atoms with van der Waals surface area (Å²) in [6.07, 6.45) is 0. The summed E-state index contributed by atoms with van der Waals surface area (Å²) in [5, 5.41) is 8.08. The van der Waals surface area contributed by atoms with Crippen molar-refractivity contribution < 1.29 is 22.3 Å². The van der Waals surface area contributed by atoms with Gasteiger partial charge >= 0.3 is 6.01 Å². The second-order valence-electron chi connectivity index (χ2n) is 6.49. The van der Waals surface area contributed by atoms with Crippen molar-refractivity contribution in [2.75, 3.05) is 45.3 Å². The molecule has 0 radical (unpaired) electrons. The molecule has 1 fully saturated rings. The van der Waals surface area contributed by atoms with E-state index in [2.05, 4.69) is 10.2 Å². The van der Waals surface area contributed by atoms with Crippen molar-refractivity contribution in [3.8, 4) is 11.5 Å². The van der Waals surface area contributed by atoms with Gasteiger partial charge in [-0.1, -0.05) is 18.9 Å². The number of nitrogens with zero attached hydrogens (tertiary/aromatic N) is 4. The number of methoxy groups -OCH3 is 2. The standard InChI is InChI=1S/C17H24N4O5S/c1-12(2)16-18-19-17(26-16)20-7-9-21(10-8-20)27(22,23)13-5-6-14(24-3)15(11-13)25-4/h5-6,11-12H,7-10H2,1-4H3. The van der Waals surface area contributed by atoms with E-state index in [-0.39, 0.29) is 10.8 Å². The largest absolute Gasteiger partial charge is 0.493 e. The molecule has 0 aliphatic carbocycles. The maximum absolute atomic E-state index is 13.0. The van der Waals surface area contributed by atoms with Crippen LogP contribution < -0.4 is 14.4 Å². The fourth-order valence-corrected chi connectivity index (χ4v) is 4.27. The minimum atomic E-state index is -3.63. The van der Waals surface area contributed by atoms with Crippen LogP contribution in [-0.4, -0.2) is 63.3 Å². The topological polar surface area (TPSA) is 98.0 Å². The van der Waals surface area contributed by atoms with E-state index in [0.717, 1.165) is 0 Å². The lowest BCUT2D eigenvalue weighted by atomic mass is 10.2. The summed E-state index contributed by atoms with van der Waals surface area (Å²) in [6.45, 7) is 5.57. The number of hydrogen-bond acceptors (Lipinski definition) is 8. The highest BCUT2D eigenvalue weighted by Gasteiger charge is 2.31. The summed E-state index contributed by atoms with van der Waals surface area (Å²) in [4.78, 5) is 2.08. The van der Waals surface area contributed by atoms with Gasteiger partial charge in [0.25, 0.3) is 0 Å². The van der Waals surface area contributed by atoms with E-state index in [0.29, 0.717) is 49.6 Å². The number of rotatable bonds is 6. The minimum absolute atomic E-state index is 0.151. The second-order valence-corrected chi connectivity index (χ2v) is 8.42. The molecule has 1 aromatic heterocycles. The van der Waals surface area contributed by atoms with E-state index in [1.165, 1.54) is 30.7 Å². The second kappa shape index (κ2) is 7.73. The summed E-state index contributed by atoms with van der Waals surface area (Å²) in [7, 11) is -0.647. The van der Waals surface area contributed by atoms with E-state index < -0.39 is 10.0 Å². The molecule has 3 rings (SSSR count). The monoisotopic (exact) mass is 396 g/mol. The molecule has 0 bridgehead atoms. The quantitative estimate of drug-likeness (QED) is 0.728. The summed E-state index contributed by atoms with van der Waals surface area (Å²) >= 11 is 0. The van der Waals surface area contributed by atoms with Crippen LogP contribution in [0.3, 0.4) is 0 Å². The van der Waals surface area contributed by atoms with E-state index in [9.17, 15) is 8.42 Å². The first-order valence-electron chi connectivity index (χ1n) is 8.67. The van der Waals surface area contributed by atoms with Gasteiger partial charge in [-0.25, -0.2) is 8.42 Å². The maximum atomic E-state index is 13.0. The van der Waals surface area contributed by atoms with Crippen molar-refractivity contribution in [2.24, 2.45) is 0 Å². The molecule has 0 saturated carbocycles. The third-order valence-corrected chi connectivity index (χ3v) is 6.32. The van der Waals surface area contributed by atoms with Gasteiger partial charge in [-0.15, -0.1) is 5.10 Å². The molecule has 1 aromatic carbocycles. The lowest BCUT2D eigenvalue weighted by Crippen LogP contribution is -2.48. The molecule has 148 valence electrons. The van der Waals surface area contributed by atoms with Crippen molar-refractivity contribution >= 4 is 16.0 Å². The zero-order valence-corrected chi connectivity index (χ0v) is 16.7. The fourth-order valence-electron chi connectivity index (χ4n) is 2.83. The average Bonchev–Trinajstić information content (AvgIpc) is 3.18. The molecule has 2 heterocycles. The van der Waals surface area contributed by atoms with Crippen LogP contribution >= 0.6 is 0 Å². The van der Waals surface area contributed by atoms with Crippen molar-refractivity contribution in [1.29, 1.82) is 0 Å². The van der Waals surface area contributed by atoms with E-state index >= 15 is 0 Å². The highest BCUT2D eigenvalue weighted by Crippen LogP contribution is 2.31. The average molecular weight is 396 g/mol. The zero-order chi connectivity index (χ0) is 19.6. The van der Waals surface area contributed by atoms with Crippen LogP contribution in [0.25, 0.3) is 0 Å². The summed E-state index contributed by atoms with van der Waals surface area (Å²) < 4.78 is 43.4. The Morgan fingerprint density at radius 2 is 1.70 bits per heavy atom. The summed E-state index contributed by atoms with van der Waals surface area (Å²) in [6, 6.07) is 5.03. The molecule has 0 spiro atoms. The first-order chi connectivity index (χ1) is 12.9. The van der Waals surface area contributed by atoms with E-state index in [1.807, 2.05) is 18.7 Å². The van der Waals surface area contributed by atoms with Crippen LogP contribution in [0.4, 0.5) is 6.01 Å². The first kappa shape index (κ1) is 19.4. The Balaban J connectivity index is 1.72. The van der Waals surface area contributed by atoms with Gasteiger partial charge < -0.3 is 18.8 Å². The van der Waals surface area contributed by atoms with Crippen LogP contribution in [0.1, 0.15) is 25.7 Å². The molecular weight excluding hydrogens is 372 g/mol. The lowest BCUT2D eigenvalue weighted by Gasteiger charge is -2.32. The third kappa shape index (κ3) is 3.86. The number of aromatic nitrogens is 2. The predicted octanol–water partition coefficient (Wildman–Crippen LogP) is 1.72. The maximum Gasteiger partial charge on any atom is 0.318 e. The van der Waals surface area contributed by atoms with Crippen molar-refractivity contribution in [3.05, 3.63) is 24.1 Å². The Morgan fingerprint density at radius 1 is 1.04 bits per heavy atom. The third-order valence-electron chi connectivity index (χ3n) is 4.43. The molecule has 27 heavy (non-hydrogen) atoms. The van der Waals surface area contributed by atoms with Crippen LogP contribution in [-0.2, 0) is 10.0 Å². The molecule has 0 N–H and O–H groups in total. The highest BCUT2D eigenvalue weighted by molar-refractivity contribution is 7.89. The van der Waals surface area contributed by atoms with E-state index in [1.54, 1.807) is 6.07 Å². The molecule has 9 nitrogen and oxygen atoms in total. The van der Waals surface area contributed by atoms with Gasteiger partial charge in [-0.05, 0) is 12.1 Å². The Hall–Kier alpha value is -2.33. The predicted molar refractivity (Wildman–Crippen MR) is 98.9 cm³/mol. The molecule has 0 amide bonds. The smallest absolute Gasteiger partial charge is 0.318 e. The van der Waals surface area contributed by atoms with E-state index in [4.69, 9.17) is 13.9 Å². The normalized spacial score (nSPS) is 16.0. The first-order valence-corrected chi connectivity index (χ1v) is 10.1. The summed E-state index contributed by atoms with van der Waals surface area (Å²) in [5.41, 5.74) is 0. The highest BCUT2D eigenvalue weighted by atomic mass is 32.2. The van der Waals surface area contributed by atoms with Crippen molar-refractivity contribution in [3.63, 3.8) is 0 Å². The Labute approximate surface area is 158 Å². The molecule has 0 unspecified atom stereocenters. The lowest BCUT2D eigenvalue weighted by molar-refractivity contribution is 0.352. The number of hydrogen-bond donors (Lipinski definition) is 0. The SMILES string of the molecule is COc1ccc(S(=O)(=O)N2CCN(c3nnc(C(C)C)o3)CC2)cc1OC. The van der Waals surface area contributed by atoms with Gasteiger partial charge in [0.05, 0.1) is 19.1 Å². The number of piperazine rings is 1. The van der Waals surface area contributed by atoms with Crippen LogP contribution in [0, 0.1) is 0 Å². The number of anilines is 1. The Morgan fingerprint density at radius 3 is 2.26 bits per heavy atom. The van der Waals surface area contributed by atoms with Crippen molar-refractivity contribution in [2.45, 2.75) is 24.7 Å². The van der Waals surface area contributed by atoms with Gasteiger partial charge in [-0.2, -0.15) is 4.31 Å². The molecular formula is C17H24N4O5S. The van der Waals surface area contributed by atoms with Gasteiger partial charge in [0.2, 0.25) is 15.9 Å². The number of benzene rings is 1.